The Bertz CT molecular complexity index is 560. The summed E-state index contributed by atoms with van der Waals surface area (Å²) in [4.78, 5) is 0. The highest BCUT2D eigenvalue weighted by Crippen LogP contribution is 2.33. The van der Waals surface area contributed by atoms with Gasteiger partial charge in [0.25, 0.3) is 0 Å². The molecule has 0 unspecified atom stereocenters. The number of anilines is 1. The van der Waals surface area contributed by atoms with Gasteiger partial charge in [-0.15, -0.1) is 0 Å². The molecule has 88 valence electrons. The summed E-state index contributed by atoms with van der Waals surface area (Å²) >= 11 is 11.7. The lowest BCUT2D eigenvalue weighted by Crippen LogP contribution is -1.91. The molecule has 0 radical (unpaired) electrons. The minimum absolute atomic E-state index is 0.0448. The van der Waals surface area contributed by atoms with Gasteiger partial charge in [-0.3, -0.25) is 0 Å². The number of hydrogen-bond acceptors (Lipinski definition) is 2. The maximum absolute atomic E-state index is 13.5. The van der Waals surface area contributed by atoms with E-state index >= 15 is 0 Å². The molecule has 17 heavy (non-hydrogen) atoms. The van der Waals surface area contributed by atoms with Gasteiger partial charge in [0.2, 0.25) is 0 Å². The van der Waals surface area contributed by atoms with Crippen molar-refractivity contribution in [1.82, 2.24) is 0 Å². The summed E-state index contributed by atoms with van der Waals surface area (Å²) in [6, 6.07) is 8.86. The zero-order valence-electron chi connectivity index (χ0n) is 8.58. The van der Waals surface area contributed by atoms with Crippen LogP contribution >= 0.6 is 23.2 Å². The number of halogens is 3. The van der Waals surface area contributed by atoms with Crippen molar-refractivity contribution in [1.29, 1.82) is 0 Å². The first kappa shape index (κ1) is 12.0. The van der Waals surface area contributed by atoms with Crippen molar-refractivity contribution >= 4 is 28.9 Å². The number of rotatable bonds is 2. The van der Waals surface area contributed by atoms with Gasteiger partial charge in [0.05, 0.1) is 5.02 Å². The summed E-state index contributed by atoms with van der Waals surface area (Å²) in [7, 11) is 0. The van der Waals surface area contributed by atoms with Crippen molar-refractivity contribution in [2.75, 3.05) is 5.73 Å². The smallest absolute Gasteiger partial charge is 0.167 e. The number of benzene rings is 2. The van der Waals surface area contributed by atoms with Crippen molar-refractivity contribution in [3.05, 3.63) is 52.3 Å². The Hall–Kier alpha value is -1.45. The molecular weight excluding hydrogens is 264 g/mol. The topological polar surface area (TPSA) is 35.2 Å². The van der Waals surface area contributed by atoms with Crippen LogP contribution in [0.25, 0.3) is 0 Å². The lowest BCUT2D eigenvalue weighted by molar-refractivity contribution is 0.443. The molecular formula is C12H8Cl2FNO. The molecule has 0 bridgehead atoms. The zero-order chi connectivity index (χ0) is 12.4. The Kier molecular flexibility index (Phi) is 3.41. The van der Waals surface area contributed by atoms with Crippen molar-refractivity contribution < 1.29 is 9.13 Å². The molecule has 5 heteroatoms. The van der Waals surface area contributed by atoms with E-state index in [1.54, 1.807) is 12.1 Å². The quantitative estimate of drug-likeness (QED) is 0.816. The third-order valence-corrected chi connectivity index (χ3v) is 2.62. The van der Waals surface area contributed by atoms with Gasteiger partial charge in [-0.05, 0) is 24.3 Å². The molecule has 2 N–H and O–H groups in total. The molecule has 0 fully saturated rings. The van der Waals surface area contributed by atoms with E-state index in [-0.39, 0.29) is 5.75 Å². The molecule has 2 rings (SSSR count). The van der Waals surface area contributed by atoms with E-state index in [0.29, 0.717) is 21.5 Å². The maximum Gasteiger partial charge on any atom is 0.167 e. The summed E-state index contributed by atoms with van der Waals surface area (Å²) in [5.74, 6) is -0.216. The van der Waals surface area contributed by atoms with Crippen molar-refractivity contribution in [2.24, 2.45) is 0 Å². The van der Waals surface area contributed by atoms with Crippen LogP contribution in [0.2, 0.25) is 10.0 Å². The van der Waals surface area contributed by atoms with Crippen LogP contribution in [0.4, 0.5) is 10.1 Å². The van der Waals surface area contributed by atoms with E-state index in [9.17, 15) is 4.39 Å². The molecule has 0 heterocycles. The second kappa shape index (κ2) is 4.82. The highest BCUT2D eigenvalue weighted by Gasteiger charge is 2.08. The Morgan fingerprint density at radius 2 is 1.76 bits per heavy atom. The number of nitrogens with two attached hydrogens (primary N) is 1. The maximum atomic E-state index is 13.5. The summed E-state index contributed by atoms with van der Waals surface area (Å²) in [5.41, 5.74) is 5.76. The van der Waals surface area contributed by atoms with E-state index in [4.69, 9.17) is 33.7 Å². The molecule has 2 aromatic rings. The molecule has 0 aliphatic rings. The monoisotopic (exact) mass is 271 g/mol. The molecule has 0 saturated heterocycles. The van der Waals surface area contributed by atoms with Gasteiger partial charge in [0.1, 0.15) is 5.75 Å². The van der Waals surface area contributed by atoms with Crippen molar-refractivity contribution in [2.45, 2.75) is 0 Å². The number of ether oxygens (including phenoxy) is 1. The Morgan fingerprint density at radius 3 is 2.47 bits per heavy atom. The summed E-state index contributed by atoms with van der Waals surface area (Å²) in [5, 5.41) is 0.811. The highest BCUT2D eigenvalue weighted by molar-refractivity contribution is 6.34. The van der Waals surface area contributed by atoms with E-state index in [2.05, 4.69) is 0 Å². The Morgan fingerprint density at radius 1 is 1.00 bits per heavy atom. The standard InChI is InChI=1S/C12H8Cl2FNO/c13-7-1-3-9(14)12(5-7)17-11-4-2-8(16)6-10(11)15/h1-6H,16H2. The van der Waals surface area contributed by atoms with E-state index < -0.39 is 5.82 Å². The van der Waals surface area contributed by atoms with Gasteiger partial charge in [-0.1, -0.05) is 23.2 Å². The molecule has 0 amide bonds. The van der Waals surface area contributed by atoms with Crippen LogP contribution in [-0.4, -0.2) is 0 Å². The largest absolute Gasteiger partial charge is 0.453 e. The van der Waals surface area contributed by atoms with Crippen molar-refractivity contribution in [3.63, 3.8) is 0 Å². The molecule has 0 aliphatic carbocycles. The molecule has 0 aliphatic heterocycles. The number of nitrogen functional groups attached to an aromatic ring is 1. The SMILES string of the molecule is Nc1ccc(Oc2cc(Cl)ccc2Cl)c(F)c1. The zero-order valence-corrected chi connectivity index (χ0v) is 10.1. The number of hydrogen-bond donors (Lipinski definition) is 1. The molecule has 2 aromatic carbocycles. The molecule has 0 saturated carbocycles. The Labute approximate surface area is 108 Å². The fraction of sp³-hybridized carbons (Fsp3) is 0. The molecule has 0 spiro atoms. The van der Waals surface area contributed by atoms with Gasteiger partial charge >= 0.3 is 0 Å². The van der Waals surface area contributed by atoms with Gasteiger partial charge in [0, 0.05) is 22.8 Å². The van der Waals surface area contributed by atoms with Crippen LogP contribution in [0.5, 0.6) is 11.5 Å². The Balaban J connectivity index is 2.34. The lowest BCUT2D eigenvalue weighted by Gasteiger charge is -2.09. The first-order valence-electron chi connectivity index (χ1n) is 4.74. The molecule has 2 nitrogen and oxygen atoms in total. The van der Waals surface area contributed by atoms with Gasteiger partial charge in [-0.2, -0.15) is 0 Å². The fourth-order valence-corrected chi connectivity index (χ4v) is 1.59. The third kappa shape index (κ3) is 2.81. The summed E-state index contributed by atoms with van der Waals surface area (Å²) < 4.78 is 18.8. The highest BCUT2D eigenvalue weighted by atomic mass is 35.5. The van der Waals surface area contributed by atoms with Crippen LogP contribution in [0.15, 0.2) is 36.4 Å². The van der Waals surface area contributed by atoms with Crippen molar-refractivity contribution in [3.8, 4) is 11.5 Å². The fourth-order valence-electron chi connectivity index (χ4n) is 1.27. The minimum Gasteiger partial charge on any atom is -0.453 e. The second-order valence-electron chi connectivity index (χ2n) is 3.37. The first-order valence-corrected chi connectivity index (χ1v) is 5.50. The summed E-state index contributed by atoms with van der Waals surface area (Å²) in [6.07, 6.45) is 0. The average molecular weight is 272 g/mol. The lowest BCUT2D eigenvalue weighted by atomic mass is 10.3. The van der Waals surface area contributed by atoms with Gasteiger partial charge in [-0.25, -0.2) is 4.39 Å². The van der Waals surface area contributed by atoms with Crippen LogP contribution in [-0.2, 0) is 0 Å². The van der Waals surface area contributed by atoms with Crippen LogP contribution in [0.1, 0.15) is 0 Å². The molecule has 0 aromatic heterocycles. The minimum atomic E-state index is -0.555. The van der Waals surface area contributed by atoms with E-state index in [0.717, 1.165) is 0 Å². The summed E-state index contributed by atoms with van der Waals surface area (Å²) in [6.45, 7) is 0. The van der Waals surface area contributed by atoms with E-state index in [1.807, 2.05) is 0 Å². The van der Waals surface area contributed by atoms with Gasteiger partial charge < -0.3 is 10.5 Å². The first-order chi connectivity index (χ1) is 8.06. The molecule has 0 atom stereocenters. The third-order valence-electron chi connectivity index (χ3n) is 2.07. The van der Waals surface area contributed by atoms with E-state index in [1.165, 1.54) is 24.3 Å². The predicted octanol–water partition coefficient (Wildman–Crippen LogP) is 4.51. The van der Waals surface area contributed by atoms with Crippen LogP contribution < -0.4 is 10.5 Å². The average Bonchev–Trinajstić information content (AvgIpc) is 2.27. The normalized spacial score (nSPS) is 10.3. The predicted molar refractivity (Wildman–Crippen MR) is 67.3 cm³/mol. The van der Waals surface area contributed by atoms with Crippen LogP contribution in [0.3, 0.4) is 0 Å². The van der Waals surface area contributed by atoms with Gasteiger partial charge in [0.15, 0.2) is 11.6 Å². The second-order valence-corrected chi connectivity index (χ2v) is 4.21. The van der Waals surface area contributed by atoms with Crippen LogP contribution in [0, 0.1) is 5.82 Å².